The van der Waals surface area contributed by atoms with Gasteiger partial charge in [0.1, 0.15) is 0 Å². The average Bonchev–Trinajstić information content (AvgIpc) is 1.37. The van der Waals surface area contributed by atoms with Crippen LogP contribution < -0.4 is 0 Å². The van der Waals surface area contributed by atoms with Crippen LogP contribution in [0, 0.1) is 0 Å². The first-order valence-electron chi connectivity index (χ1n) is 0.750. The third kappa shape index (κ3) is 2.87. The van der Waals surface area contributed by atoms with Gasteiger partial charge in [0.05, 0.1) is 18.7 Å². The molecule has 4 heteroatoms. The third-order valence-corrected chi connectivity index (χ3v) is 5.06. The molecule has 0 atom stereocenters. The van der Waals surface area contributed by atoms with Crippen molar-refractivity contribution >= 4 is 34.1 Å². The van der Waals surface area contributed by atoms with E-state index in [9.17, 15) is 0 Å². The van der Waals surface area contributed by atoms with Gasteiger partial charge in [0.15, 0.2) is 0 Å². The summed E-state index contributed by atoms with van der Waals surface area (Å²) in [5.41, 5.74) is 0. The SMILES string of the molecule is [Si]=[Si]=[Si]=[Si]. The van der Waals surface area contributed by atoms with Crippen LogP contribution >= 0.6 is 0 Å². The van der Waals surface area contributed by atoms with E-state index < -0.39 is 0 Å². The minimum absolute atomic E-state index is 0.887. The maximum atomic E-state index is 3.28. The molecule has 0 saturated heterocycles. The van der Waals surface area contributed by atoms with Crippen molar-refractivity contribution in [3.05, 3.63) is 0 Å². The highest BCUT2D eigenvalue weighted by Crippen LogP contribution is 0.764. The highest BCUT2D eigenvalue weighted by Gasteiger charge is 1.12. The molecule has 0 bridgehead atoms. The molecule has 0 N–H and O–H groups in total. The van der Waals surface area contributed by atoms with Gasteiger partial charge in [-0.3, -0.25) is 0 Å². The molecule has 0 rings (SSSR count). The second kappa shape index (κ2) is 3.87. The first-order chi connectivity index (χ1) is 1.91. The fourth-order valence-electron chi connectivity index (χ4n) is 0. The van der Waals surface area contributed by atoms with Crippen LogP contribution in [-0.2, 0) is 0 Å². The van der Waals surface area contributed by atoms with Crippen molar-refractivity contribution < 1.29 is 0 Å². The molecule has 4 heavy (non-hydrogen) atoms. The summed E-state index contributed by atoms with van der Waals surface area (Å²) in [5, 5.41) is 0. The van der Waals surface area contributed by atoms with E-state index >= 15 is 0 Å². The Morgan fingerprint density at radius 3 is 1.25 bits per heavy atom. The van der Waals surface area contributed by atoms with Crippen LogP contribution in [-0.4, -0.2) is 34.1 Å². The monoisotopic (exact) mass is 112 g/mol. The van der Waals surface area contributed by atoms with Crippen LogP contribution in [0.4, 0.5) is 0 Å². The summed E-state index contributed by atoms with van der Waals surface area (Å²) in [5.74, 6) is 0. The van der Waals surface area contributed by atoms with E-state index in [-0.39, 0.29) is 0 Å². The van der Waals surface area contributed by atoms with Gasteiger partial charge < -0.3 is 0 Å². The summed E-state index contributed by atoms with van der Waals surface area (Å²) in [7, 11) is 8.33. The van der Waals surface area contributed by atoms with E-state index in [0.29, 0.717) is 0 Å². The number of rotatable bonds is 0. The van der Waals surface area contributed by atoms with Crippen LogP contribution in [0.1, 0.15) is 0 Å². The lowest BCUT2D eigenvalue weighted by Gasteiger charge is -1.17. The first-order valence-corrected chi connectivity index (χ1v) is 6.75. The largest absolute Gasteiger partial charge is 0.0563 e. The van der Waals surface area contributed by atoms with E-state index in [2.05, 4.69) is 18.7 Å². The van der Waals surface area contributed by atoms with Crippen molar-refractivity contribution in [2.45, 2.75) is 0 Å². The van der Waals surface area contributed by atoms with Crippen LogP contribution in [0.5, 0.6) is 0 Å². The van der Waals surface area contributed by atoms with E-state index in [0.717, 1.165) is 15.4 Å². The molecule has 0 unspecified atom stereocenters. The van der Waals surface area contributed by atoms with Gasteiger partial charge in [-0.2, -0.15) is 0 Å². The molecule has 0 aromatic heterocycles. The van der Waals surface area contributed by atoms with Gasteiger partial charge >= 0.3 is 0 Å². The minimum atomic E-state index is 0.887. The lowest BCUT2D eigenvalue weighted by atomic mass is 26.9. The maximum absolute atomic E-state index is 3.28. The fourth-order valence-corrected chi connectivity index (χ4v) is 0. The Balaban J connectivity index is 3.95. The van der Waals surface area contributed by atoms with Crippen molar-refractivity contribution in [2.75, 3.05) is 0 Å². The quantitative estimate of drug-likeness (QED) is 0.334. The molecule has 0 heterocycles. The smallest absolute Gasteiger partial charge is 0.0563 e. The Morgan fingerprint density at radius 1 is 1.00 bits per heavy atom. The fraction of sp³-hybridized carbons (Fsp3) is 0. The van der Waals surface area contributed by atoms with E-state index in [1.807, 2.05) is 0 Å². The van der Waals surface area contributed by atoms with Crippen LogP contribution in [0.3, 0.4) is 0 Å². The van der Waals surface area contributed by atoms with Crippen molar-refractivity contribution in [3.8, 4) is 0 Å². The normalized spacial score (nSPS) is 3.00. The predicted molar refractivity (Wildman–Crippen MR) is 23.0 cm³/mol. The Morgan fingerprint density at radius 2 is 1.25 bits per heavy atom. The second-order valence-electron chi connectivity index (χ2n) is 0.250. The van der Waals surface area contributed by atoms with Crippen LogP contribution in [0.2, 0.25) is 0 Å². The molecule has 0 aliphatic rings. The molecule has 0 fully saturated rings. The molecular formula is Si4. The predicted octanol–water partition coefficient (Wildman–Crippen LogP) is -1.52. The molecule has 0 aromatic carbocycles. The van der Waals surface area contributed by atoms with E-state index in [1.165, 1.54) is 0 Å². The Bertz CT molecular complexity index is 50.1. The van der Waals surface area contributed by atoms with Crippen molar-refractivity contribution in [3.63, 3.8) is 0 Å². The summed E-state index contributed by atoms with van der Waals surface area (Å²) >= 11 is 0. The van der Waals surface area contributed by atoms with Gasteiger partial charge in [0, 0.05) is 0 Å². The molecular weight excluding hydrogens is 112 g/mol. The van der Waals surface area contributed by atoms with Crippen molar-refractivity contribution in [1.82, 2.24) is 0 Å². The van der Waals surface area contributed by atoms with Crippen molar-refractivity contribution in [1.29, 1.82) is 0 Å². The number of hydrogen-bond donors (Lipinski definition) is 0. The van der Waals surface area contributed by atoms with Gasteiger partial charge in [0.25, 0.3) is 0 Å². The maximum Gasteiger partial charge on any atom is 0.0563 e. The summed E-state index contributed by atoms with van der Waals surface area (Å²) in [6, 6.07) is 0. The zero-order valence-electron chi connectivity index (χ0n) is 2.00. The lowest BCUT2D eigenvalue weighted by molar-refractivity contribution is 4.61. The van der Waals surface area contributed by atoms with Gasteiger partial charge in [-0.05, 0) is 0 Å². The summed E-state index contributed by atoms with van der Waals surface area (Å²) in [6.45, 7) is 0. The molecule has 0 aliphatic heterocycles. The highest BCUT2D eigenvalue weighted by atomic mass is 29.2. The summed E-state index contributed by atoms with van der Waals surface area (Å²) in [6.07, 6.45) is 0. The van der Waals surface area contributed by atoms with Crippen LogP contribution in [0.25, 0.3) is 0 Å². The molecule has 16 valence electrons. The zero-order chi connectivity index (χ0) is 3.41. The molecule has 4 radical (unpaired) electrons. The average molecular weight is 112 g/mol. The minimum Gasteiger partial charge on any atom is -0.0563 e. The standard InChI is InChI=1S/Si4/c1-3-4-2. The highest BCUT2D eigenvalue weighted by molar-refractivity contribution is 6.90. The van der Waals surface area contributed by atoms with Crippen LogP contribution in [0.15, 0.2) is 0 Å². The topological polar surface area (TPSA) is 0 Å². The zero-order valence-corrected chi connectivity index (χ0v) is 6.00. The Hall–Kier alpha value is 0.868. The summed E-state index contributed by atoms with van der Waals surface area (Å²) < 4.78 is 0. The van der Waals surface area contributed by atoms with Gasteiger partial charge in [-0.1, -0.05) is 15.4 Å². The van der Waals surface area contributed by atoms with Gasteiger partial charge in [-0.25, -0.2) is 0 Å². The molecule has 0 aromatic rings. The Kier molecular flexibility index (Phi) is 4.71. The first kappa shape index (κ1) is 4.87. The second-order valence-corrected chi connectivity index (χ2v) is 6.75. The van der Waals surface area contributed by atoms with Gasteiger partial charge in [-0.15, -0.1) is 0 Å². The van der Waals surface area contributed by atoms with E-state index in [4.69, 9.17) is 0 Å². The number of hydrogen-bond acceptors (Lipinski definition) is 0. The molecule has 0 spiro atoms. The summed E-state index contributed by atoms with van der Waals surface area (Å²) in [4.78, 5) is 0. The molecule has 0 aliphatic carbocycles. The third-order valence-electron chi connectivity index (χ3n) is 0.0625. The lowest BCUT2D eigenvalue weighted by Crippen LogP contribution is -1.52. The molecule has 0 saturated carbocycles. The van der Waals surface area contributed by atoms with Crippen molar-refractivity contribution in [2.24, 2.45) is 0 Å². The molecule has 0 amide bonds. The molecule has 0 nitrogen and oxygen atoms in total. The van der Waals surface area contributed by atoms with E-state index in [1.54, 1.807) is 0 Å². The Labute approximate surface area is 34.7 Å². The van der Waals surface area contributed by atoms with Gasteiger partial charge in [0.2, 0.25) is 0 Å².